The molecule has 4 heteroatoms. The molecule has 214 valence electrons. The number of nitrogens with zero attached hydrogens (tertiary/aromatic N) is 4. The van der Waals surface area contributed by atoms with Gasteiger partial charge in [-0.05, 0) is 89.8 Å². The Balaban J connectivity index is 1.23. The van der Waals surface area contributed by atoms with E-state index < -0.39 is 0 Å². The fraction of sp³-hybridized carbons (Fsp3) is 0.0244. The van der Waals surface area contributed by atoms with Crippen LogP contribution in [0.3, 0.4) is 0 Å². The van der Waals surface area contributed by atoms with Crippen LogP contribution in [0, 0.1) is 6.92 Å². The zero-order valence-corrected chi connectivity index (χ0v) is 24.9. The molecule has 0 bridgehead atoms. The van der Waals surface area contributed by atoms with E-state index in [1.165, 1.54) is 44.2 Å². The number of para-hydroxylation sites is 3. The van der Waals surface area contributed by atoms with Gasteiger partial charge in [-0.3, -0.25) is 0 Å². The third-order valence-corrected chi connectivity index (χ3v) is 8.49. The van der Waals surface area contributed by atoms with E-state index in [2.05, 4.69) is 172 Å². The minimum Gasteiger partial charge on any atom is -0.310 e. The Kier molecular flexibility index (Phi) is 6.65. The molecule has 0 radical (unpaired) electrons. The first kappa shape index (κ1) is 26.6. The lowest BCUT2D eigenvalue weighted by atomic mass is 9.99. The summed E-state index contributed by atoms with van der Waals surface area (Å²) in [5, 5.41) is 2.46. The third kappa shape index (κ3) is 4.83. The van der Waals surface area contributed by atoms with E-state index in [1.807, 2.05) is 12.4 Å². The Bertz CT molecular complexity index is 2220. The second-order valence-electron chi connectivity index (χ2n) is 11.3. The summed E-state index contributed by atoms with van der Waals surface area (Å²) >= 11 is 0. The first-order valence-electron chi connectivity index (χ1n) is 15.1. The van der Waals surface area contributed by atoms with Gasteiger partial charge in [-0.15, -0.1) is 0 Å². The number of aryl methyl sites for hydroxylation is 1. The van der Waals surface area contributed by atoms with Gasteiger partial charge < -0.3 is 9.47 Å². The lowest BCUT2D eigenvalue weighted by Crippen LogP contribution is -2.09. The van der Waals surface area contributed by atoms with E-state index in [1.54, 1.807) is 6.33 Å². The molecule has 0 atom stereocenters. The third-order valence-electron chi connectivity index (χ3n) is 8.49. The predicted molar refractivity (Wildman–Crippen MR) is 187 cm³/mol. The van der Waals surface area contributed by atoms with Crippen LogP contribution in [0.5, 0.6) is 0 Å². The van der Waals surface area contributed by atoms with Gasteiger partial charge in [-0.2, -0.15) is 0 Å². The summed E-state index contributed by atoms with van der Waals surface area (Å²) in [6.45, 7) is 2.20. The van der Waals surface area contributed by atoms with Crippen molar-refractivity contribution < 1.29 is 0 Å². The molecule has 0 saturated heterocycles. The molecule has 45 heavy (non-hydrogen) atoms. The first-order valence-corrected chi connectivity index (χ1v) is 15.1. The molecule has 0 unspecified atom stereocenters. The second-order valence-corrected chi connectivity index (χ2v) is 11.3. The van der Waals surface area contributed by atoms with Crippen molar-refractivity contribution >= 4 is 38.9 Å². The molecule has 2 aromatic heterocycles. The average Bonchev–Trinajstić information content (AvgIpc) is 3.43. The zero-order valence-electron chi connectivity index (χ0n) is 24.9. The Morgan fingerprint density at radius 3 is 1.71 bits per heavy atom. The topological polar surface area (TPSA) is 34.0 Å². The monoisotopic (exact) mass is 578 g/mol. The Morgan fingerprint density at radius 2 is 1.04 bits per heavy atom. The minimum absolute atomic E-state index is 1.01. The zero-order chi connectivity index (χ0) is 30.2. The Labute approximate surface area is 262 Å². The lowest BCUT2D eigenvalue weighted by molar-refractivity contribution is 1.15. The van der Waals surface area contributed by atoms with E-state index in [4.69, 9.17) is 0 Å². The van der Waals surface area contributed by atoms with Crippen LogP contribution in [0.25, 0.3) is 49.7 Å². The smallest absolute Gasteiger partial charge is 0.115 e. The van der Waals surface area contributed by atoms with Crippen LogP contribution in [0.1, 0.15) is 5.56 Å². The van der Waals surface area contributed by atoms with Crippen LogP contribution in [0.2, 0.25) is 0 Å². The Morgan fingerprint density at radius 1 is 0.467 bits per heavy atom. The van der Waals surface area contributed by atoms with Crippen molar-refractivity contribution in [2.45, 2.75) is 6.92 Å². The van der Waals surface area contributed by atoms with E-state index in [-0.39, 0.29) is 0 Å². The molecule has 0 spiro atoms. The van der Waals surface area contributed by atoms with Crippen molar-refractivity contribution in [1.29, 1.82) is 0 Å². The highest BCUT2D eigenvalue weighted by Gasteiger charge is 2.18. The SMILES string of the molecule is Cc1cc(-c2ccc(-c3cncnc3)cc2)ccc1-n1c2ccccc2c2cc(N(c3ccccc3)c3ccccc3)ccc21. The summed E-state index contributed by atoms with van der Waals surface area (Å²) in [6, 6.07) is 52.1. The predicted octanol–water partition coefficient (Wildman–Crippen LogP) is 10.7. The van der Waals surface area contributed by atoms with Crippen molar-refractivity contribution in [3.05, 3.63) is 170 Å². The number of hydrogen-bond donors (Lipinski definition) is 0. The molecule has 0 N–H and O–H groups in total. The molecule has 8 rings (SSSR count). The highest BCUT2D eigenvalue weighted by Crippen LogP contribution is 2.40. The maximum atomic E-state index is 4.16. The van der Waals surface area contributed by atoms with Gasteiger partial charge in [-0.1, -0.05) is 84.9 Å². The second kappa shape index (κ2) is 11.3. The van der Waals surface area contributed by atoms with Crippen LogP contribution in [-0.2, 0) is 0 Å². The van der Waals surface area contributed by atoms with Crippen LogP contribution in [0.15, 0.2) is 164 Å². The quantitative estimate of drug-likeness (QED) is 0.197. The molecule has 0 saturated carbocycles. The first-order chi connectivity index (χ1) is 22.2. The summed E-state index contributed by atoms with van der Waals surface area (Å²) in [4.78, 5) is 10.6. The number of fused-ring (bicyclic) bond motifs is 3. The van der Waals surface area contributed by atoms with Gasteiger partial charge in [0.15, 0.2) is 0 Å². The Hall–Kier alpha value is -6.00. The van der Waals surface area contributed by atoms with Crippen LogP contribution >= 0.6 is 0 Å². The van der Waals surface area contributed by atoms with Crippen molar-refractivity contribution in [1.82, 2.24) is 14.5 Å². The lowest BCUT2D eigenvalue weighted by Gasteiger charge is -2.25. The molecular weight excluding hydrogens is 548 g/mol. The van der Waals surface area contributed by atoms with Gasteiger partial charge in [0.05, 0.1) is 11.0 Å². The highest BCUT2D eigenvalue weighted by molar-refractivity contribution is 6.10. The van der Waals surface area contributed by atoms with E-state index >= 15 is 0 Å². The summed E-state index contributed by atoms with van der Waals surface area (Å²) in [7, 11) is 0. The minimum atomic E-state index is 1.01. The summed E-state index contributed by atoms with van der Waals surface area (Å²) < 4.78 is 2.40. The molecule has 0 aliphatic carbocycles. The van der Waals surface area contributed by atoms with Crippen LogP contribution < -0.4 is 4.90 Å². The van der Waals surface area contributed by atoms with Crippen LogP contribution in [0.4, 0.5) is 17.1 Å². The number of aromatic nitrogens is 3. The molecule has 0 fully saturated rings. The molecule has 0 aliphatic rings. The highest BCUT2D eigenvalue weighted by atomic mass is 15.1. The summed E-state index contributed by atoms with van der Waals surface area (Å²) in [5.41, 5.74) is 12.7. The number of benzene rings is 6. The maximum Gasteiger partial charge on any atom is 0.115 e. The molecule has 0 amide bonds. The van der Waals surface area contributed by atoms with E-state index in [0.29, 0.717) is 0 Å². The molecule has 8 aromatic rings. The van der Waals surface area contributed by atoms with Gasteiger partial charge in [0.25, 0.3) is 0 Å². The number of hydrogen-bond acceptors (Lipinski definition) is 3. The molecule has 6 aromatic carbocycles. The summed E-state index contributed by atoms with van der Waals surface area (Å²) in [6.07, 6.45) is 5.25. The normalized spacial score (nSPS) is 11.2. The van der Waals surface area contributed by atoms with Gasteiger partial charge in [-0.25, -0.2) is 9.97 Å². The number of rotatable bonds is 6. The average molecular weight is 579 g/mol. The van der Waals surface area contributed by atoms with Gasteiger partial charge in [0, 0.05) is 51.5 Å². The fourth-order valence-electron chi connectivity index (χ4n) is 6.35. The van der Waals surface area contributed by atoms with E-state index in [0.717, 1.165) is 28.2 Å². The molecular formula is C41H30N4. The van der Waals surface area contributed by atoms with Crippen molar-refractivity contribution in [3.8, 4) is 27.9 Å². The maximum absolute atomic E-state index is 4.16. The van der Waals surface area contributed by atoms with Gasteiger partial charge in [0.1, 0.15) is 6.33 Å². The van der Waals surface area contributed by atoms with Crippen molar-refractivity contribution in [3.63, 3.8) is 0 Å². The van der Waals surface area contributed by atoms with Gasteiger partial charge in [0.2, 0.25) is 0 Å². The molecule has 2 heterocycles. The summed E-state index contributed by atoms with van der Waals surface area (Å²) in [5.74, 6) is 0. The largest absolute Gasteiger partial charge is 0.310 e. The van der Waals surface area contributed by atoms with E-state index in [9.17, 15) is 0 Å². The van der Waals surface area contributed by atoms with Gasteiger partial charge >= 0.3 is 0 Å². The number of anilines is 3. The van der Waals surface area contributed by atoms with Crippen molar-refractivity contribution in [2.24, 2.45) is 0 Å². The van der Waals surface area contributed by atoms with Crippen molar-refractivity contribution in [2.75, 3.05) is 4.90 Å². The molecule has 0 aliphatic heterocycles. The molecule has 4 nitrogen and oxygen atoms in total. The fourth-order valence-corrected chi connectivity index (χ4v) is 6.35. The van der Waals surface area contributed by atoms with Crippen LogP contribution in [-0.4, -0.2) is 14.5 Å². The standard InChI is InChI=1S/C41H30N4/c1-29-24-32(30-16-18-31(19-17-30)33-26-42-28-43-27-33)20-22-39(29)45-40-15-9-8-14-37(40)38-25-36(21-23-41(38)45)44(34-10-4-2-5-11-34)35-12-6-3-7-13-35/h2-28H,1H3.